The zero-order valence-corrected chi connectivity index (χ0v) is 19.5. The molecule has 1 aliphatic heterocycles. The Kier molecular flexibility index (Phi) is 8.65. The molecule has 0 amide bonds. The van der Waals surface area contributed by atoms with Gasteiger partial charge in [0.2, 0.25) is 0 Å². The van der Waals surface area contributed by atoms with Gasteiger partial charge in [-0.2, -0.15) is 0 Å². The van der Waals surface area contributed by atoms with Crippen molar-refractivity contribution in [1.82, 2.24) is 4.90 Å². The van der Waals surface area contributed by atoms with Crippen LogP contribution in [0.15, 0.2) is 42.5 Å². The van der Waals surface area contributed by atoms with Gasteiger partial charge in [-0.25, -0.2) is 0 Å². The summed E-state index contributed by atoms with van der Waals surface area (Å²) < 4.78 is 10.8. The molecule has 0 N–H and O–H groups in total. The van der Waals surface area contributed by atoms with E-state index < -0.39 is 11.9 Å². The number of ether oxygens (including phenoxy) is 2. The van der Waals surface area contributed by atoms with Crippen molar-refractivity contribution < 1.29 is 34.1 Å². The van der Waals surface area contributed by atoms with Crippen molar-refractivity contribution in [2.75, 3.05) is 27.3 Å². The zero-order valence-electron chi connectivity index (χ0n) is 19.5. The van der Waals surface area contributed by atoms with Crippen molar-refractivity contribution in [2.24, 2.45) is 11.8 Å². The number of ketones is 1. The van der Waals surface area contributed by atoms with E-state index in [1.54, 1.807) is 14.2 Å². The second-order valence-corrected chi connectivity index (χ2v) is 8.65. The van der Waals surface area contributed by atoms with E-state index in [4.69, 9.17) is 29.3 Å². The lowest BCUT2D eigenvalue weighted by molar-refractivity contribution is -0.345. The highest BCUT2D eigenvalue weighted by Gasteiger charge is 2.34. The van der Waals surface area contributed by atoms with Gasteiger partial charge in [-0.05, 0) is 68.0 Å². The molecule has 1 unspecified atom stereocenters. The van der Waals surface area contributed by atoms with Crippen LogP contribution >= 0.6 is 0 Å². The summed E-state index contributed by atoms with van der Waals surface area (Å²) in [5, 5.41) is 17.9. The Balaban J connectivity index is 0.000000481. The van der Waals surface area contributed by atoms with Gasteiger partial charge in [0.15, 0.2) is 17.3 Å². The number of hydrogen-bond donors (Lipinski definition) is 0. The number of likely N-dealkylation sites (tertiary alicyclic amines) is 1. The largest absolute Gasteiger partial charge is 0.543 e. The van der Waals surface area contributed by atoms with Gasteiger partial charge in [0.1, 0.15) is 0 Å². The van der Waals surface area contributed by atoms with Crippen molar-refractivity contribution in [3.63, 3.8) is 0 Å². The summed E-state index contributed by atoms with van der Waals surface area (Å²) in [6.45, 7) is 3.27. The second kappa shape index (κ2) is 11.7. The number of nitrogens with zero attached hydrogens (tertiary/aromatic N) is 1. The van der Waals surface area contributed by atoms with Gasteiger partial charge in [-0.1, -0.05) is 30.3 Å². The molecule has 1 aliphatic carbocycles. The molecule has 0 bridgehead atoms. The number of rotatable bonds is 6. The fourth-order valence-corrected chi connectivity index (χ4v) is 4.71. The lowest BCUT2D eigenvalue weighted by Crippen LogP contribution is -2.42. The van der Waals surface area contributed by atoms with E-state index in [2.05, 4.69) is 35.2 Å². The van der Waals surface area contributed by atoms with Crippen LogP contribution in [0.25, 0.3) is 0 Å². The third-order valence-corrected chi connectivity index (χ3v) is 6.45. The fourth-order valence-electron chi connectivity index (χ4n) is 4.71. The topological polar surface area (TPSA) is 119 Å². The van der Waals surface area contributed by atoms with Gasteiger partial charge < -0.3 is 29.3 Å². The number of carboxylic acids is 2. The summed E-state index contributed by atoms with van der Waals surface area (Å²) in [6, 6.07) is 14.5. The molecule has 34 heavy (non-hydrogen) atoms. The molecule has 0 saturated carbocycles. The summed E-state index contributed by atoms with van der Waals surface area (Å²) >= 11 is 0. The normalized spacial score (nSPS) is 17.9. The van der Waals surface area contributed by atoms with E-state index in [1.165, 1.54) is 18.4 Å². The molecule has 0 aromatic heterocycles. The molecular weight excluding hydrogens is 438 g/mol. The number of fused-ring (bicyclic) bond motifs is 1. The summed E-state index contributed by atoms with van der Waals surface area (Å²) in [7, 11) is 3.26. The SMILES string of the molecule is COc1cc2c(cc1OC)C(=O)C(CC1CCN(Cc3ccccc3)CC1)C2.O=C([O-])C(=O)[O-]. The second-order valence-electron chi connectivity index (χ2n) is 8.65. The Bertz CT molecular complexity index is 1000. The molecule has 8 nitrogen and oxygen atoms in total. The summed E-state index contributed by atoms with van der Waals surface area (Å²) in [5.41, 5.74) is 3.31. The van der Waals surface area contributed by atoms with Crippen LogP contribution in [0.3, 0.4) is 0 Å². The molecular formula is C26H29NO7-2. The maximum atomic E-state index is 12.9. The summed E-state index contributed by atoms with van der Waals surface area (Å²) in [6.07, 6.45) is 4.19. The Morgan fingerprint density at radius 1 is 0.971 bits per heavy atom. The lowest BCUT2D eigenvalue weighted by Gasteiger charge is -2.32. The predicted octanol–water partition coefficient (Wildman–Crippen LogP) is 0.847. The maximum absolute atomic E-state index is 12.9. The third-order valence-electron chi connectivity index (χ3n) is 6.45. The Hall–Kier alpha value is -3.39. The maximum Gasteiger partial charge on any atom is 0.166 e. The first-order chi connectivity index (χ1) is 16.3. The fraction of sp³-hybridized carbons (Fsp3) is 0.423. The molecule has 0 radical (unpaired) electrons. The third kappa shape index (κ3) is 6.35. The van der Waals surface area contributed by atoms with Crippen molar-refractivity contribution in [2.45, 2.75) is 32.2 Å². The quantitative estimate of drug-likeness (QED) is 0.574. The van der Waals surface area contributed by atoms with Gasteiger partial charge in [0.25, 0.3) is 0 Å². The molecule has 1 heterocycles. The molecule has 0 spiro atoms. The molecule has 2 aliphatic rings. The number of carbonyl (C=O) groups excluding carboxylic acids is 3. The smallest absolute Gasteiger partial charge is 0.166 e. The number of benzene rings is 2. The van der Waals surface area contributed by atoms with Crippen molar-refractivity contribution in [1.29, 1.82) is 0 Å². The van der Waals surface area contributed by atoms with Crippen molar-refractivity contribution in [3.05, 3.63) is 59.2 Å². The standard InChI is InChI=1S/C24H29NO3.C2H2O4/c1-27-22-14-19-13-20(24(26)21(19)15-23(22)28-2)12-17-8-10-25(11-9-17)16-18-6-4-3-5-7-18;3-1(4)2(5)6/h3-7,14-15,17,20H,8-13,16H2,1-2H3;(H,3,4)(H,5,6)/p-2. The first kappa shape index (κ1) is 25.2. The molecule has 182 valence electrons. The molecule has 1 atom stereocenters. The van der Waals surface area contributed by atoms with E-state index in [-0.39, 0.29) is 11.7 Å². The van der Waals surface area contributed by atoms with Crippen LogP contribution < -0.4 is 19.7 Å². The van der Waals surface area contributed by atoms with Gasteiger partial charge in [0, 0.05) is 18.0 Å². The molecule has 8 heteroatoms. The molecule has 4 rings (SSSR count). The summed E-state index contributed by atoms with van der Waals surface area (Å²) in [5.74, 6) is -1.99. The molecule has 2 aromatic carbocycles. The Morgan fingerprint density at radius 3 is 2.12 bits per heavy atom. The van der Waals surface area contributed by atoms with Crippen LogP contribution in [0, 0.1) is 11.8 Å². The van der Waals surface area contributed by atoms with E-state index in [0.29, 0.717) is 17.4 Å². The first-order valence-corrected chi connectivity index (χ1v) is 11.3. The minimum absolute atomic E-state index is 0.109. The van der Waals surface area contributed by atoms with Gasteiger partial charge in [-0.15, -0.1) is 0 Å². The number of piperidine rings is 1. The number of Topliss-reactive ketones (excluding diaryl/α,β-unsaturated/α-hetero) is 1. The van der Waals surface area contributed by atoms with Crippen LogP contribution in [0.1, 0.15) is 40.7 Å². The number of carbonyl (C=O) groups is 3. The average molecular weight is 468 g/mol. The minimum atomic E-state index is -2.19. The van der Waals surface area contributed by atoms with E-state index in [0.717, 1.165) is 43.6 Å². The number of aliphatic carboxylic acids is 2. The minimum Gasteiger partial charge on any atom is -0.543 e. The van der Waals surface area contributed by atoms with Crippen LogP contribution in [0.2, 0.25) is 0 Å². The van der Waals surface area contributed by atoms with E-state index in [1.807, 2.05) is 12.1 Å². The predicted molar refractivity (Wildman–Crippen MR) is 120 cm³/mol. The van der Waals surface area contributed by atoms with Crippen LogP contribution in [-0.2, 0) is 22.6 Å². The zero-order chi connectivity index (χ0) is 24.7. The first-order valence-electron chi connectivity index (χ1n) is 11.3. The number of methoxy groups -OCH3 is 2. The highest BCUT2D eigenvalue weighted by molar-refractivity contribution is 6.25. The number of hydrogen-bond acceptors (Lipinski definition) is 8. The Labute approximate surface area is 199 Å². The summed E-state index contributed by atoms with van der Waals surface area (Å²) in [4.78, 5) is 33.3. The van der Waals surface area contributed by atoms with E-state index in [9.17, 15) is 4.79 Å². The van der Waals surface area contributed by atoms with Gasteiger partial charge in [-0.3, -0.25) is 9.69 Å². The lowest BCUT2D eigenvalue weighted by atomic mass is 9.85. The van der Waals surface area contributed by atoms with Crippen LogP contribution in [0.4, 0.5) is 0 Å². The molecule has 1 fully saturated rings. The van der Waals surface area contributed by atoms with Gasteiger partial charge >= 0.3 is 0 Å². The van der Waals surface area contributed by atoms with E-state index >= 15 is 0 Å². The van der Waals surface area contributed by atoms with Gasteiger partial charge in [0.05, 0.1) is 26.2 Å². The van der Waals surface area contributed by atoms with Crippen LogP contribution in [0.5, 0.6) is 11.5 Å². The molecule has 2 aromatic rings. The number of carboxylic acid groups (broad SMARTS) is 2. The average Bonchev–Trinajstić information content (AvgIpc) is 3.14. The van der Waals surface area contributed by atoms with Crippen molar-refractivity contribution in [3.8, 4) is 11.5 Å². The highest BCUT2D eigenvalue weighted by atomic mass is 16.5. The van der Waals surface area contributed by atoms with Crippen LogP contribution in [-0.4, -0.2) is 49.9 Å². The van der Waals surface area contributed by atoms with Crippen molar-refractivity contribution >= 4 is 17.7 Å². The molecule has 1 saturated heterocycles. The highest BCUT2D eigenvalue weighted by Crippen LogP contribution is 2.39. The monoisotopic (exact) mass is 467 g/mol. The Morgan fingerprint density at radius 2 is 1.56 bits per heavy atom.